The lowest BCUT2D eigenvalue weighted by molar-refractivity contribution is 0.340. The van der Waals surface area contributed by atoms with Crippen molar-refractivity contribution in [3.8, 4) is 5.75 Å². The summed E-state index contributed by atoms with van der Waals surface area (Å²) in [5.74, 6) is 1.59. The monoisotopic (exact) mass is 270 g/mol. The topological polar surface area (TPSA) is 34.2 Å². The smallest absolute Gasteiger partial charge is 0.120 e. The van der Waals surface area contributed by atoms with Crippen LogP contribution < -0.4 is 10.1 Å². The summed E-state index contributed by atoms with van der Waals surface area (Å²) in [5.41, 5.74) is 3.50. The summed E-state index contributed by atoms with van der Waals surface area (Å²) in [5, 5.41) is 4.70. The molecule has 0 radical (unpaired) electrons. The van der Waals surface area contributed by atoms with Crippen LogP contribution in [0.3, 0.4) is 0 Å². The number of ether oxygens (including phenoxy) is 1. The van der Waals surface area contributed by atoms with Crippen molar-refractivity contribution < 1.29 is 4.74 Å². The average molecular weight is 270 g/mol. The van der Waals surface area contributed by atoms with E-state index in [9.17, 15) is 0 Å². The fourth-order valence-corrected chi connectivity index (χ4v) is 2.48. The van der Waals surface area contributed by atoms with Crippen molar-refractivity contribution in [3.05, 3.63) is 30.0 Å². The molecule has 1 N–H and O–H groups in total. The van der Waals surface area contributed by atoms with E-state index in [1.165, 1.54) is 24.2 Å². The van der Waals surface area contributed by atoms with Gasteiger partial charge in [0.15, 0.2) is 0 Å². The van der Waals surface area contributed by atoms with Crippen LogP contribution in [0.1, 0.15) is 44.7 Å². The molecule has 3 heteroatoms. The third kappa shape index (κ3) is 2.72. The molecular weight excluding hydrogens is 248 g/mol. The number of hydrogen-bond acceptors (Lipinski definition) is 3. The van der Waals surface area contributed by atoms with Gasteiger partial charge in [-0.1, -0.05) is 6.92 Å². The van der Waals surface area contributed by atoms with E-state index in [2.05, 4.69) is 30.4 Å². The van der Waals surface area contributed by atoms with Crippen LogP contribution in [0.15, 0.2) is 24.3 Å². The highest BCUT2D eigenvalue weighted by atomic mass is 16.5. The molecule has 2 aromatic rings. The summed E-state index contributed by atoms with van der Waals surface area (Å²) < 4.78 is 5.61. The zero-order valence-electron chi connectivity index (χ0n) is 12.3. The van der Waals surface area contributed by atoms with Crippen molar-refractivity contribution in [2.75, 3.05) is 18.5 Å². The van der Waals surface area contributed by atoms with Gasteiger partial charge in [-0.15, -0.1) is 0 Å². The second-order valence-corrected chi connectivity index (χ2v) is 5.41. The van der Waals surface area contributed by atoms with Crippen LogP contribution in [-0.2, 0) is 0 Å². The second-order valence-electron chi connectivity index (χ2n) is 5.41. The first-order valence-electron chi connectivity index (χ1n) is 7.63. The lowest BCUT2D eigenvalue weighted by Gasteiger charge is -2.12. The molecular formula is C17H22N2O. The van der Waals surface area contributed by atoms with Crippen molar-refractivity contribution in [1.82, 2.24) is 4.98 Å². The Hall–Kier alpha value is -1.77. The number of hydrogen-bond donors (Lipinski definition) is 1. The quantitative estimate of drug-likeness (QED) is 0.848. The standard InChI is InChI=1S/C17H22N2O/c1-3-9-18-17-11-16(12-5-6-12)19-15-8-7-13(20-4-2)10-14(15)17/h7-8,10-12H,3-6,9H2,1-2H3,(H,18,19). The van der Waals surface area contributed by atoms with Crippen LogP contribution in [0.2, 0.25) is 0 Å². The van der Waals surface area contributed by atoms with Crippen molar-refractivity contribution in [2.24, 2.45) is 0 Å². The lowest BCUT2D eigenvalue weighted by Crippen LogP contribution is -2.02. The van der Waals surface area contributed by atoms with Gasteiger partial charge >= 0.3 is 0 Å². The van der Waals surface area contributed by atoms with E-state index in [1.807, 2.05) is 13.0 Å². The minimum Gasteiger partial charge on any atom is -0.494 e. The van der Waals surface area contributed by atoms with Crippen molar-refractivity contribution in [2.45, 2.75) is 39.0 Å². The van der Waals surface area contributed by atoms with E-state index < -0.39 is 0 Å². The Morgan fingerprint density at radius 3 is 2.80 bits per heavy atom. The zero-order chi connectivity index (χ0) is 13.9. The molecule has 20 heavy (non-hydrogen) atoms. The summed E-state index contributed by atoms with van der Waals surface area (Å²) in [6.45, 7) is 5.87. The van der Waals surface area contributed by atoms with Gasteiger partial charge in [0.05, 0.1) is 12.1 Å². The van der Waals surface area contributed by atoms with E-state index in [1.54, 1.807) is 0 Å². The molecule has 1 aromatic heterocycles. The number of pyridine rings is 1. The summed E-state index contributed by atoms with van der Waals surface area (Å²) in [6.07, 6.45) is 3.68. The Balaban J connectivity index is 2.05. The Morgan fingerprint density at radius 2 is 2.10 bits per heavy atom. The number of fused-ring (bicyclic) bond motifs is 1. The molecule has 0 aliphatic heterocycles. The van der Waals surface area contributed by atoms with Gasteiger partial charge in [0.2, 0.25) is 0 Å². The summed E-state index contributed by atoms with van der Waals surface area (Å²) >= 11 is 0. The lowest BCUT2D eigenvalue weighted by atomic mass is 10.1. The van der Waals surface area contributed by atoms with Crippen LogP contribution in [0.4, 0.5) is 5.69 Å². The average Bonchev–Trinajstić information content (AvgIpc) is 3.29. The van der Waals surface area contributed by atoms with Crippen molar-refractivity contribution >= 4 is 16.6 Å². The van der Waals surface area contributed by atoms with E-state index in [4.69, 9.17) is 9.72 Å². The van der Waals surface area contributed by atoms with Crippen LogP contribution in [0.5, 0.6) is 5.75 Å². The van der Waals surface area contributed by atoms with Gasteiger partial charge in [-0.05, 0) is 50.5 Å². The van der Waals surface area contributed by atoms with Crippen molar-refractivity contribution in [3.63, 3.8) is 0 Å². The fourth-order valence-electron chi connectivity index (χ4n) is 2.48. The molecule has 1 aliphatic rings. The Bertz CT molecular complexity index is 605. The molecule has 0 bridgehead atoms. The van der Waals surface area contributed by atoms with Gasteiger partial charge in [0.25, 0.3) is 0 Å². The van der Waals surface area contributed by atoms with E-state index in [0.29, 0.717) is 12.5 Å². The molecule has 1 aromatic carbocycles. The molecule has 0 atom stereocenters. The van der Waals surface area contributed by atoms with Gasteiger partial charge in [0, 0.05) is 29.2 Å². The molecule has 3 rings (SSSR count). The second kappa shape index (κ2) is 5.70. The maximum Gasteiger partial charge on any atom is 0.120 e. The number of nitrogens with one attached hydrogen (secondary N) is 1. The molecule has 0 spiro atoms. The predicted octanol–water partition coefficient (Wildman–Crippen LogP) is 4.33. The number of rotatable bonds is 6. The first-order chi connectivity index (χ1) is 9.81. The zero-order valence-corrected chi connectivity index (χ0v) is 12.3. The van der Waals surface area contributed by atoms with Crippen molar-refractivity contribution in [1.29, 1.82) is 0 Å². The molecule has 1 heterocycles. The molecule has 3 nitrogen and oxygen atoms in total. The molecule has 0 unspecified atom stereocenters. The summed E-state index contributed by atoms with van der Waals surface area (Å²) in [4.78, 5) is 4.81. The first-order valence-corrected chi connectivity index (χ1v) is 7.63. The Kier molecular flexibility index (Phi) is 3.77. The van der Waals surface area contributed by atoms with E-state index in [-0.39, 0.29) is 0 Å². The third-order valence-corrected chi connectivity index (χ3v) is 3.67. The molecule has 106 valence electrons. The number of aromatic nitrogens is 1. The minimum atomic E-state index is 0.674. The number of nitrogens with zero attached hydrogens (tertiary/aromatic N) is 1. The van der Waals surface area contributed by atoms with Gasteiger partial charge in [0.1, 0.15) is 5.75 Å². The van der Waals surface area contributed by atoms with Crippen LogP contribution in [0.25, 0.3) is 10.9 Å². The van der Waals surface area contributed by atoms with Gasteiger partial charge in [-0.3, -0.25) is 4.98 Å². The van der Waals surface area contributed by atoms with Gasteiger partial charge in [-0.2, -0.15) is 0 Å². The molecule has 0 amide bonds. The summed E-state index contributed by atoms with van der Waals surface area (Å²) in [7, 11) is 0. The predicted molar refractivity (Wildman–Crippen MR) is 83.7 cm³/mol. The highest BCUT2D eigenvalue weighted by Crippen LogP contribution is 2.41. The van der Waals surface area contributed by atoms with Crippen LogP contribution in [-0.4, -0.2) is 18.1 Å². The highest BCUT2D eigenvalue weighted by molar-refractivity contribution is 5.92. The van der Waals surface area contributed by atoms with Gasteiger partial charge in [-0.25, -0.2) is 0 Å². The van der Waals surface area contributed by atoms with E-state index in [0.717, 1.165) is 29.6 Å². The first kappa shape index (κ1) is 13.2. The van der Waals surface area contributed by atoms with E-state index >= 15 is 0 Å². The molecule has 1 fully saturated rings. The number of anilines is 1. The normalized spacial score (nSPS) is 14.5. The van der Waals surface area contributed by atoms with Gasteiger partial charge < -0.3 is 10.1 Å². The minimum absolute atomic E-state index is 0.674. The molecule has 1 aliphatic carbocycles. The maximum atomic E-state index is 5.61. The fraction of sp³-hybridized carbons (Fsp3) is 0.471. The molecule has 1 saturated carbocycles. The van der Waals surface area contributed by atoms with Crippen LogP contribution >= 0.6 is 0 Å². The third-order valence-electron chi connectivity index (χ3n) is 3.67. The molecule has 0 saturated heterocycles. The largest absolute Gasteiger partial charge is 0.494 e. The highest BCUT2D eigenvalue weighted by Gasteiger charge is 2.26. The Labute approximate surface area is 120 Å². The number of benzene rings is 1. The summed E-state index contributed by atoms with van der Waals surface area (Å²) in [6, 6.07) is 8.41. The maximum absolute atomic E-state index is 5.61. The SMILES string of the molecule is CCCNc1cc(C2CC2)nc2ccc(OCC)cc12. The Morgan fingerprint density at radius 1 is 1.25 bits per heavy atom. The van der Waals surface area contributed by atoms with Crippen LogP contribution in [0, 0.1) is 0 Å².